The number of nitrogens with two attached hydrogens (primary N) is 1. The van der Waals surface area contributed by atoms with E-state index in [-0.39, 0.29) is 17.3 Å². The summed E-state index contributed by atoms with van der Waals surface area (Å²) in [6.07, 6.45) is 4.75. The number of pyridine rings is 1. The maximum absolute atomic E-state index is 15.1. The molecule has 1 aromatic carbocycles. The van der Waals surface area contributed by atoms with Crippen molar-refractivity contribution in [2.24, 2.45) is 15.1 Å². The Labute approximate surface area is 196 Å². The number of hydrogen-bond acceptors (Lipinski definition) is 8. The lowest BCUT2D eigenvalue weighted by Crippen LogP contribution is -2.52. The van der Waals surface area contributed by atoms with E-state index < -0.39 is 21.3 Å². The molecule has 5 rings (SSSR count). The smallest absolute Gasteiger partial charge is 0.204 e. The summed E-state index contributed by atoms with van der Waals surface area (Å²) in [5, 5.41) is 17.2. The van der Waals surface area contributed by atoms with Crippen molar-refractivity contribution in [1.29, 1.82) is 5.26 Å². The molecule has 174 valence electrons. The fourth-order valence-electron chi connectivity index (χ4n) is 4.21. The Morgan fingerprint density at radius 3 is 2.88 bits per heavy atom. The van der Waals surface area contributed by atoms with Crippen LogP contribution in [0.1, 0.15) is 30.9 Å². The number of fused-ring (bicyclic) bond motifs is 1. The van der Waals surface area contributed by atoms with Gasteiger partial charge in [0.1, 0.15) is 33.0 Å². The van der Waals surface area contributed by atoms with Gasteiger partial charge in [0.05, 0.1) is 24.1 Å². The van der Waals surface area contributed by atoms with Crippen LogP contribution in [-0.2, 0) is 15.5 Å². The van der Waals surface area contributed by atoms with Gasteiger partial charge in [-0.25, -0.2) is 27.6 Å². The molecule has 12 heteroatoms. The molecule has 2 atom stereocenters. The predicted molar refractivity (Wildman–Crippen MR) is 124 cm³/mol. The van der Waals surface area contributed by atoms with Gasteiger partial charge in [0.15, 0.2) is 5.82 Å². The quantitative estimate of drug-likeness (QED) is 0.612. The van der Waals surface area contributed by atoms with Crippen molar-refractivity contribution in [2.75, 3.05) is 18.8 Å². The molecule has 0 spiro atoms. The molecule has 0 amide bonds. The minimum Gasteiger partial charge on any atom is -0.369 e. The van der Waals surface area contributed by atoms with Crippen LogP contribution >= 0.6 is 0 Å². The second kappa shape index (κ2) is 8.18. The zero-order chi connectivity index (χ0) is 23.9. The molecule has 4 heterocycles. The van der Waals surface area contributed by atoms with Crippen molar-refractivity contribution >= 4 is 15.9 Å². The van der Waals surface area contributed by atoms with E-state index in [0.29, 0.717) is 35.7 Å². The molecule has 0 radical (unpaired) electrons. The first kappa shape index (κ1) is 22.0. The van der Waals surface area contributed by atoms with Crippen LogP contribution < -0.4 is 5.73 Å². The first-order chi connectivity index (χ1) is 16.3. The minimum absolute atomic E-state index is 0.0446. The molecule has 10 nitrogen and oxygen atoms in total. The van der Waals surface area contributed by atoms with Crippen molar-refractivity contribution in [2.45, 2.75) is 25.3 Å². The van der Waals surface area contributed by atoms with Crippen LogP contribution in [0.5, 0.6) is 0 Å². The van der Waals surface area contributed by atoms with Crippen molar-refractivity contribution in [1.82, 2.24) is 24.3 Å². The van der Waals surface area contributed by atoms with E-state index in [1.54, 1.807) is 41.7 Å². The van der Waals surface area contributed by atoms with Crippen LogP contribution in [0.15, 0.2) is 52.1 Å². The molecule has 0 saturated heterocycles. The third kappa shape index (κ3) is 3.77. The number of hydrogen-bond donors (Lipinski definition) is 1. The Hall–Kier alpha value is -3.85. The van der Waals surface area contributed by atoms with Crippen molar-refractivity contribution < 1.29 is 8.60 Å². The highest BCUT2D eigenvalue weighted by Gasteiger charge is 2.42. The van der Waals surface area contributed by atoms with Gasteiger partial charge in [0.25, 0.3) is 0 Å². The Morgan fingerprint density at radius 1 is 1.26 bits per heavy atom. The lowest BCUT2D eigenvalue weighted by atomic mass is 9.92. The molecule has 0 bridgehead atoms. The standard InChI is InChI=1S/C22H22FN9OS/c1-22(14-34(33)27-8-2-3-9-32(34)21(25)28-22)17-10-16(5-6-18(17)23)19-13-31(30-29-19)20-7-4-15(11-24)12-26-20/h4-7,10,12-13H,2-3,8-9,14H2,1H3,(H2,25,28)/t22-,34-/m0/s1. The lowest BCUT2D eigenvalue weighted by molar-refractivity contribution is 0.464. The van der Waals surface area contributed by atoms with E-state index in [2.05, 4.69) is 24.7 Å². The largest absolute Gasteiger partial charge is 0.369 e. The van der Waals surface area contributed by atoms with Crippen LogP contribution in [0.25, 0.3) is 17.1 Å². The monoisotopic (exact) mass is 479 g/mol. The van der Waals surface area contributed by atoms with E-state index in [1.165, 1.54) is 16.9 Å². The maximum atomic E-state index is 15.1. The van der Waals surface area contributed by atoms with Crippen molar-refractivity contribution in [3.63, 3.8) is 0 Å². The summed E-state index contributed by atoms with van der Waals surface area (Å²) >= 11 is 0. The summed E-state index contributed by atoms with van der Waals surface area (Å²) in [7, 11) is -2.83. The Bertz CT molecular complexity index is 1450. The molecule has 2 aromatic heterocycles. The van der Waals surface area contributed by atoms with Gasteiger partial charge in [0.2, 0.25) is 5.96 Å². The second-order valence-corrected chi connectivity index (χ2v) is 10.6. The maximum Gasteiger partial charge on any atom is 0.204 e. The Kier molecular flexibility index (Phi) is 5.28. The van der Waals surface area contributed by atoms with Crippen molar-refractivity contribution in [3.8, 4) is 23.1 Å². The molecule has 2 N–H and O–H groups in total. The van der Waals surface area contributed by atoms with Crippen LogP contribution in [0.3, 0.4) is 0 Å². The Balaban J connectivity index is 1.53. The zero-order valence-electron chi connectivity index (χ0n) is 18.4. The molecular formula is C22H22FN9OS. The summed E-state index contributed by atoms with van der Waals surface area (Å²) in [4.78, 5) is 8.79. The van der Waals surface area contributed by atoms with E-state index in [9.17, 15) is 4.21 Å². The fourth-order valence-corrected chi connectivity index (χ4v) is 6.71. The van der Waals surface area contributed by atoms with Gasteiger partial charge in [-0.3, -0.25) is 4.31 Å². The summed E-state index contributed by atoms with van der Waals surface area (Å²) in [5.74, 6) is 0.174. The van der Waals surface area contributed by atoms with Gasteiger partial charge in [0, 0.05) is 23.9 Å². The van der Waals surface area contributed by atoms with E-state index in [4.69, 9.17) is 11.0 Å². The van der Waals surface area contributed by atoms with Gasteiger partial charge < -0.3 is 5.73 Å². The summed E-state index contributed by atoms with van der Waals surface area (Å²) in [5.41, 5.74) is 6.86. The van der Waals surface area contributed by atoms with Gasteiger partial charge in [-0.1, -0.05) is 5.21 Å². The summed E-state index contributed by atoms with van der Waals surface area (Å²) in [6.45, 7) is 2.72. The average molecular weight is 480 g/mol. The molecule has 2 aliphatic heterocycles. The third-order valence-electron chi connectivity index (χ3n) is 5.94. The highest BCUT2D eigenvalue weighted by Crippen LogP contribution is 2.37. The normalized spacial score (nSPS) is 24.4. The number of nitrogens with zero attached hydrogens (tertiary/aromatic N) is 8. The molecule has 3 aromatic rings. The van der Waals surface area contributed by atoms with Crippen molar-refractivity contribution in [3.05, 3.63) is 59.7 Å². The number of aromatic nitrogens is 4. The summed E-state index contributed by atoms with van der Waals surface area (Å²) in [6, 6.07) is 9.89. The summed E-state index contributed by atoms with van der Waals surface area (Å²) < 4.78 is 36.3. The number of benzene rings is 1. The number of nitriles is 1. The van der Waals surface area contributed by atoms with Gasteiger partial charge in [-0.15, -0.1) is 5.10 Å². The van der Waals surface area contributed by atoms with Gasteiger partial charge in [-0.2, -0.15) is 5.26 Å². The topological polar surface area (TPSA) is 138 Å². The van der Waals surface area contributed by atoms with Crippen LogP contribution in [0.2, 0.25) is 0 Å². The molecule has 0 unspecified atom stereocenters. The number of rotatable bonds is 3. The van der Waals surface area contributed by atoms with Gasteiger partial charge in [-0.05, 0) is 50.1 Å². The van der Waals surface area contributed by atoms with Crippen LogP contribution in [0, 0.1) is 17.1 Å². The average Bonchev–Trinajstić information content (AvgIpc) is 3.22. The number of guanidine groups is 1. The highest BCUT2D eigenvalue weighted by atomic mass is 32.2. The van der Waals surface area contributed by atoms with Gasteiger partial charge >= 0.3 is 0 Å². The molecule has 0 saturated carbocycles. The first-order valence-electron chi connectivity index (χ1n) is 10.7. The predicted octanol–water partition coefficient (Wildman–Crippen LogP) is 2.36. The minimum atomic E-state index is -2.83. The zero-order valence-corrected chi connectivity index (χ0v) is 19.2. The van der Waals surface area contributed by atoms with E-state index in [0.717, 1.165) is 12.8 Å². The number of aliphatic imine (C=N–C) groups is 1. The Morgan fingerprint density at radius 2 is 2.12 bits per heavy atom. The molecule has 34 heavy (non-hydrogen) atoms. The second-order valence-electron chi connectivity index (χ2n) is 8.42. The first-order valence-corrected chi connectivity index (χ1v) is 12.4. The van der Waals surface area contributed by atoms with Crippen LogP contribution in [0.4, 0.5) is 4.39 Å². The lowest BCUT2D eigenvalue weighted by Gasteiger charge is -2.38. The van der Waals surface area contributed by atoms with E-state index in [1.807, 2.05) is 6.07 Å². The SMILES string of the molecule is C[C@@]1(c2cc(-c3cn(-c4ccc(C#N)cn4)nn3)ccc2F)C[S@]2(=O)=NCCCCN2C(N)=N1. The molecule has 0 fully saturated rings. The molecule has 0 aliphatic carbocycles. The third-order valence-corrected chi connectivity index (χ3v) is 8.52. The fraction of sp³-hybridized carbons (Fsp3) is 0.318. The highest BCUT2D eigenvalue weighted by molar-refractivity contribution is 7.92. The molecular weight excluding hydrogens is 457 g/mol. The number of halogens is 1. The van der Waals surface area contributed by atoms with Crippen LogP contribution in [-0.4, -0.2) is 53.3 Å². The molecule has 2 aliphatic rings. The van der Waals surface area contributed by atoms with E-state index >= 15 is 4.39 Å².